The van der Waals surface area contributed by atoms with E-state index >= 15 is 0 Å². The summed E-state index contributed by atoms with van der Waals surface area (Å²) in [5.41, 5.74) is 2.90. The van der Waals surface area contributed by atoms with Gasteiger partial charge in [-0.3, -0.25) is 0 Å². The number of fused-ring (bicyclic) bond motifs is 1. The maximum absolute atomic E-state index is 11.5. The summed E-state index contributed by atoms with van der Waals surface area (Å²) >= 11 is 0. The molecule has 1 N–H and O–H groups in total. The molecule has 0 bridgehead atoms. The van der Waals surface area contributed by atoms with E-state index in [1.807, 2.05) is 0 Å². The van der Waals surface area contributed by atoms with Crippen LogP contribution in [-0.4, -0.2) is 20.2 Å². The summed E-state index contributed by atoms with van der Waals surface area (Å²) in [6.07, 6.45) is 3.94. The van der Waals surface area contributed by atoms with Crippen LogP contribution in [0, 0.1) is 0 Å². The fraction of sp³-hybridized carbons (Fsp3) is 0.500. The van der Waals surface area contributed by atoms with Gasteiger partial charge in [-0.05, 0) is 29.4 Å². The van der Waals surface area contributed by atoms with E-state index < -0.39 is 9.84 Å². The van der Waals surface area contributed by atoms with E-state index in [0.29, 0.717) is 0 Å². The molecule has 2 atom stereocenters. The Bertz CT molecular complexity index is 646. The number of hydrogen-bond acceptors (Lipinski definition) is 3. The van der Waals surface area contributed by atoms with Crippen LogP contribution in [0.5, 0.6) is 0 Å². The Balaban J connectivity index is 1.84. The van der Waals surface area contributed by atoms with Crippen molar-refractivity contribution in [3.8, 4) is 0 Å². The van der Waals surface area contributed by atoms with Crippen molar-refractivity contribution in [1.82, 2.24) is 5.32 Å². The highest BCUT2D eigenvalue weighted by Crippen LogP contribution is 2.41. The minimum absolute atomic E-state index is 0.0562. The molecule has 1 aromatic rings. The quantitative estimate of drug-likeness (QED) is 0.911. The van der Waals surface area contributed by atoms with Crippen LogP contribution in [-0.2, 0) is 15.3 Å². The van der Waals surface area contributed by atoms with Crippen LogP contribution >= 0.6 is 0 Å². The number of rotatable bonds is 2. The van der Waals surface area contributed by atoms with Gasteiger partial charge in [0.05, 0.1) is 5.75 Å². The maximum atomic E-state index is 11.5. The molecular formula is C16H21NO2S. The maximum Gasteiger partial charge on any atom is 0.173 e. The monoisotopic (exact) mass is 291 g/mol. The van der Waals surface area contributed by atoms with E-state index in [4.69, 9.17) is 0 Å². The number of nitrogens with one attached hydrogen (secondary N) is 1. The Kier molecular flexibility index (Phi) is 3.26. The van der Waals surface area contributed by atoms with Crippen LogP contribution in [0.2, 0.25) is 0 Å². The van der Waals surface area contributed by atoms with Crippen LogP contribution in [0.1, 0.15) is 43.9 Å². The Hall–Kier alpha value is -1.13. The van der Waals surface area contributed by atoms with Crippen LogP contribution in [0.3, 0.4) is 0 Å². The van der Waals surface area contributed by atoms with Crippen molar-refractivity contribution in [2.24, 2.45) is 0 Å². The van der Waals surface area contributed by atoms with Crippen molar-refractivity contribution in [2.45, 2.75) is 44.2 Å². The first-order valence-electron chi connectivity index (χ1n) is 7.14. The Morgan fingerprint density at radius 3 is 2.70 bits per heavy atom. The van der Waals surface area contributed by atoms with E-state index in [0.717, 1.165) is 12.8 Å². The molecule has 0 fully saturated rings. The Morgan fingerprint density at radius 1 is 1.25 bits per heavy atom. The number of hydrogen-bond donors (Lipinski definition) is 1. The van der Waals surface area contributed by atoms with Crippen LogP contribution in [0.4, 0.5) is 0 Å². The van der Waals surface area contributed by atoms with Gasteiger partial charge in [0.2, 0.25) is 0 Å². The van der Waals surface area contributed by atoms with E-state index in [-0.39, 0.29) is 23.3 Å². The van der Waals surface area contributed by atoms with Crippen molar-refractivity contribution < 1.29 is 8.42 Å². The SMILES string of the molecule is CC1(C)CCC(NC2C=CS(=O)(=O)C2)c2ccccc21. The molecule has 1 aromatic carbocycles. The van der Waals surface area contributed by atoms with Crippen molar-refractivity contribution in [1.29, 1.82) is 0 Å². The van der Waals surface area contributed by atoms with Gasteiger partial charge in [-0.2, -0.15) is 0 Å². The van der Waals surface area contributed by atoms with Gasteiger partial charge >= 0.3 is 0 Å². The minimum Gasteiger partial charge on any atom is -0.303 e. The Labute approximate surface area is 121 Å². The topological polar surface area (TPSA) is 46.2 Å². The fourth-order valence-corrected chi connectivity index (χ4v) is 4.57. The molecule has 2 unspecified atom stereocenters. The van der Waals surface area contributed by atoms with Crippen LogP contribution < -0.4 is 5.32 Å². The summed E-state index contributed by atoms with van der Waals surface area (Å²) < 4.78 is 23.0. The molecule has 3 rings (SSSR count). The predicted octanol–water partition coefficient (Wildman–Crippen LogP) is 2.70. The van der Waals surface area contributed by atoms with Gasteiger partial charge in [0.15, 0.2) is 9.84 Å². The summed E-state index contributed by atoms with van der Waals surface area (Å²) in [4.78, 5) is 0. The largest absolute Gasteiger partial charge is 0.303 e. The van der Waals surface area contributed by atoms with Gasteiger partial charge < -0.3 is 5.32 Å². The third-order valence-corrected chi connectivity index (χ3v) is 5.86. The summed E-state index contributed by atoms with van der Waals surface area (Å²) in [7, 11) is -2.99. The second-order valence-corrected chi connectivity index (χ2v) is 8.42. The number of benzene rings is 1. The van der Waals surface area contributed by atoms with Gasteiger partial charge in [-0.25, -0.2) is 8.42 Å². The first-order valence-corrected chi connectivity index (χ1v) is 8.85. The van der Waals surface area contributed by atoms with Crippen molar-refractivity contribution in [3.05, 3.63) is 46.9 Å². The molecular weight excluding hydrogens is 270 g/mol. The van der Waals surface area contributed by atoms with Gasteiger partial charge in [-0.1, -0.05) is 44.2 Å². The van der Waals surface area contributed by atoms with Crippen molar-refractivity contribution in [3.63, 3.8) is 0 Å². The van der Waals surface area contributed by atoms with Gasteiger partial charge in [0.1, 0.15) is 0 Å². The van der Waals surface area contributed by atoms with E-state index in [1.165, 1.54) is 16.5 Å². The van der Waals surface area contributed by atoms with E-state index in [2.05, 4.69) is 43.4 Å². The second kappa shape index (κ2) is 4.71. The highest BCUT2D eigenvalue weighted by Gasteiger charge is 2.34. The molecule has 2 aliphatic rings. The second-order valence-electron chi connectivity index (χ2n) is 6.49. The zero-order chi connectivity index (χ0) is 14.4. The average molecular weight is 291 g/mol. The molecule has 1 heterocycles. The fourth-order valence-electron chi connectivity index (χ4n) is 3.32. The smallest absolute Gasteiger partial charge is 0.173 e. The summed E-state index contributed by atoms with van der Waals surface area (Å²) in [5.74, 6) is 0.190. The lowest BCUT2D eigenvalue weighted by Gasteiger charge is -2.38. The molecule has 0 aromatic heterocycles. The van der Waals surface area contributed by atoms with Crippen molar-refractivity contribution in [2.75, 3.05) is 5.75 Å². The minimum atomic E-state index is -2.99. The zero-order valence-electron chi connectivity index (χ0n) is 12.0. The molecule has 108 valence electrons. The molecule has 0 saturated carbocycles. The normalized spacial score (nSPS) is 30.1. The molecule has 1 aliphatic carbocycles. The van der Waals surface area contributed by atoms with Gasteiger partial charge in [0.25, 0.3) is 0 Å². The molecule has 0 amide bonds. The van der Waals surface area contributed by atoms with E-state index in [1.54, 1.807) is 6.08 Å². The van der Waals surface area contributed by atoms with Crippen LogP contribution in [0.25, 0.3) is 0 Å². The lowest BCUT2D eigenvalue weighted by molar-refractivity contribution is 0.351. The Morgan fingerprint density at radius 2 is 2.00 bits per heavy atom. The molecule has 20 heavy (non-hydrogen) atoms. The molecule has 0 radical (unpaired) electrons. The zero-order valence-corrected chi connectivity index (χ0v) is 12.8. The van der Waals surface area contributed by atoms with Crippen LogP contribution in [0.15, 0.2) is 35.7 Å². The van der Waals surface area contributed by atoms with Crippen molar-refractivity contribution >= 4 is 9.84 Å². The summed E-state index contributed by atoms with van der Waals surface area (Å²) in [6, 6.07) is 8.71. The molecule has 0 spiro atoms. The lowest BCUT2D eigenvalue weighted by atomic mass is 9.71. The highest BCUT2D eigenvalue weighted by atomic mass is 32.2. The molecule has 3 nitrogen and oxygen atoms in total. The standard InChI is InChI=1S/C16H21NO2S/c1-16(2)9-7-15(13-5-3-4-6-14(13)16)17-12-8-10-20(18,19)11-12/h3-6,8,10,12,15,17H,7,9,11H2,1-2H3. The predicted molar refractivity (Wildman–Crippen MR) is 81.3 cm³/mol. The molecule has 0 saturated heterocycles. The summed E-state index contributed by atoms with van der Waals surface area (Å²) in [5, 5.41) is 4.84. The first-order chi connectivity index (χ1) is 9.37. The van der Waals surface area contributed by atoms with E-state index in [9.17, 15) is 8.42 Å². The molecule has 1 aliphatic heterocycles. The van der Waals surface area contributed by atoms with Gasteiger partial charge in [0, 0.05) is 17.5 Å². The van der Waals surface area contributed by atoms with Gasteiger partial charge in [-0.15, -0.1) is 0 Å². The molecule has 4 heteroatoms. The number of sulfone groups is 1. The third-order valence-electron chi connectivity index (χ3n) is 4.47. The first kappa shape index (κ1) is 13.8. The third kappa shape index (κ3) is 2.54. The highest BCUT2D eigenvalue weighted by molar-refractivity contribution is 7.94. The lowest BCUT2D eigenvalue weighted by Crippen LogP contribution is -2.38. The average Bonchev–Trinajstić information content (AvgIpc) is 2.73. The summed E-state index contributed by atoms with van der Waals surface area (Å²) in [6.45, 7) is 4.56.